The van der Waals surface area contributed by atoms with Crippen molar-refractivity contribution >= 4 is 10.0 Å². The van der Waals surface area contributed by atoms with Gasteiger partial charge in [-0.05, 0) is 43.4 Å². The highest BCUT2D eigenvalue weighted by atomic mass is 32.2. The molecule has 5 nitrogen and oxygen atoms in total. The molecule has 3 rings (SSSR count). The van der Waals surface area contributed by atoms with E-state index in [1.54, 1.807) is 18.5 Å². The zero-order chi connectivity index (χ0) is 16.4. The van der Waals surface area contributed by atoms with Crippen LogP contribution in [-0.2, 0) is 21.2 Å². The van der Waals surface area contributed by atoms with Gasteiger partial charge in [-0.15, -0.1) is 0 Å². The number of hydrogen-bond acceptors (Lipinski definition) is 4. The molecular formula is C17H25NO4S. The van der Waals surface area contributed by atoms with Gasteiger partial charge in [-0.2, -0.15) is 0 Å². The summed E-state index contributed by atoms with van der Waals surface area (Å²) in [6.45, 7) is 1.14. The molecule has 2 aliphatic rings. The molecule has 1 heterocycles. The predicted molar refractivity (Wildman–Crippen MR) is 89.1 cm³/mol. The molecule has 0 bridgehead atoms. The Kier molecular flexibility index (Phi) is 4.94. The maximum atomic E-state index is 12.5. The molecule has 1 aliphatic heterocycles. The SMILES string of the molecule is COc1ccc(C[C@H]2CN(S(=O)(=O)C3CC3)CC[C@H]2OC)cc1. The quantitative estimate of drug-likeness (QED) is 0.796. The normalized spacial score (nSPS) is 26.2. The fraction of sp³-hybridized carbons (Fsp3) is 0.647. The molecule has 23 heavy (non-hydrogen) atoms. The summed E-state index contributed by atoms with van der Waals surface area (Å²) >= 11 is 0. The highest BCUT2D eigenvalue weighted by Crippen LogP contribution is 2.34. The highest BCUT2D eigenvalue weighted by Gasteiger charge is 2.43. The average molecular weight is 339 g/mol. The van der Waals surface area contributed by atoms with Crippen molar-refractivity contribution in [1.29, 1.82) is 0 Å². The molecule has 2 fully saturated rings. The van der Waals surface area contributed by atoms with E-state index >= 15 is 0 Å². The Morgan fingerprint density at radius 3 is 2.39 bits per heavy atom. The van der Waals surface area contributed by atoms with E-state index in [4.69, 9.17) is 9.47 Å². The van der Waals surface area contributed by atoms with Crippen molar-refractivity contribution in [2.45, 2.75) is 37.0 Å². The minimum absolute atomic E-state index is 0.114. The number of hydrogen-bond donors (Lipinski definition) is 0. The second-order valence-corrected chi connectivity index (χ2v) is 8.69. The van der Waals surface area contributed by atoms with Crippen LogP contribution in [0.15, 0.2) is 24.3 Å². The molecule has 6 heteroatoms. The first-order valence-electron chi connectivity index (χ1n) is 8.19. The summed E-state index contributed by atoms with van der Waals surface area (Å²) in [7, 11) is 0.271. The molecule has 1 aliphatic carbocycles. The van der Waals surface area contributed by atoms with Crippen molar-refractivity contribution in [3.8, 4) is 5.75 Å². The molecule has 1 aromatic carbocycles. The van der Waals surface area contributed by atoms with Gasteiger partial charge in [0, 0.05) is 26.1 Å². The van der Waals surface area contributed by atoms with E-state index in [2.05, 4.69) is 0 Å². The third kappa shape index (κ3) is 3.70. The average Bonchev–Trinajstić information content (AvgIpc) is 3.41. The van der Waals surface area contributed by atoms with E-state index < -0.39 is 10.0 Å². The van der Waals surface area contributed by atoms with E-state index in [0.717, 1.165) is 31.4 Å². The van der Waals surface area contributed by atoms with Crippen molar-refractivity contribution in [1.82, 2.24) is 4.31 Å². The number of benzene rings is 1. The molecule has 1 aromatic rings. The van der Waals surface area contributed by atoms with Gasteiger partial charge in [0.25, 0.3) is 0 Å². The van der Waals surface area contributed by atoms with Gasteiger partial charge < -0.3 is 9.47 Å². The molecule has 0 aromatic heterocycles. The minimum atomic E-state index is -3.10. The largest absolute Gasteiger partial charge is 0.497 e. The smallest absolute Gasteiger partial charge is 0.216 e. The van der Waals surface area contributed by atoms with Crippen LogP contribution >= 0.6 is 0 Å². The van der Waals surface area contributed by atoms with Gasteiger partial charge in [0.05, 0.1) is 18.5 Å². The summed E-state index contributed by atoms with van der Waals surface area (Å²) in [5, 5.41) is -0.136. The molecule has 128 valence electrons. The van der Waals surface area contributed by atoms with Gasteiger partial charge in [0.2, 0.25) is 10.0 Å². The Balaban J connectivity index is 1.71. The number of methoxy groups -OCH3 is 2. The molecule has 0 radical (unpaired) electrons. The molecule has 0 spiro atoms. The van der Waals surface area contributed by atoms with Crippen LogP contribution < -0.4 is 4.74 Å². The van der Waals surface area contributed by atoms with Crippen molar-refractivity contribution < 1.29 is 17.9 Å². The van der Waals surface area contributed by atoms with Crippen LogP contribution in [0.4, 0.5) is 0 Å². The Morgan fingerprint density at radius 2 is 1.83 bits per heavy atom. The zero-order valence-electron chi connectivity index (χ0n) is 13.8. The molecule has 1 saturated carbocycles. The highest BCUT2D eigenvalue weighted by molar-refractivity contribution is 7.90. The topological polar surface area (TPSA) is 55.8 Å². The predicted octanol–water partition coefficient (Wildman–Crippen LogP) is 2.07. The summed E-state index contributed by atoms with van der Waals surface area (Å²) in [5.41, 5.74) is 1.18. The van der Waals surface area contributed by atoms with Crippen LogP contribution in [0.1, 0.15) is 24.8 Å². The second-order valence-electron chi connectivity index (χ2n) is 6.48. The summed E-state index contributed by atoms with van der Waals surface area (Å²) < 4.78 is 37.5. The fourth-order valence-electron chi connectivity index (χ4n) is 3.36. The van der Waals surface area contributed by atoms with Crippen molar-refractivity contribution in [3.63, 3.8) is 0 Å². The Morgan fingerprint density at radius 1 is 1.13 bits per heavy atom. The summed E-state index contributed by atoms with van der Waals surface area (Å²) in [6, 6.07) is 7.97. The lowest BCUT2D eigenvalue weighted by Crippen LogP contribution is -2.48. The first-order valence-corrected chi connectivity index (χ1v) is 9.69. The molecule has 0 amide bonds. The Labute approximate surface area is 138 Å². The van der Waals surface area contributed by atoms with Crippen LogP contribution in [0.3, 0.4) is 0 Å². The van der Waals surface area contributed by atoms with Crippen LogP contribution in [0, 0.1) is 5.92 Å². The lowest BCUT2D eigenvalue weighted by molar-refractivity contribution is 0.0130. The van der Waals surface area contributed by atoms with Crippen molar-refractivity contribution in [2.24, 2.45) is 5.92 Å². The van der Waals surface area contributed by atoms with E-state index in [9.17, 15) is 8.42 Å². The third-order valence-corrected chi connectivity index (χ3v) is 7.26. The van der Waals surface area contributed by atoms with Crippen LogP contribution in [-0.4, -0.2) is 51.4 Å². The summed E-state index contributed by atoms with van der Waals surface area (Å²) in [4.78, 5) is 0. The lowest BCUT2D eigenvalue weighted by Gasteiger charge is -2.37. The van der Waals surface area contributed by atoms with Gasteiger partial charge in [-0.3, -0.25) is 0 Å². The number of sulfonamides is 1. The second kappa shape index (κ2) is 6.79. The monoisotopic (exact) mass is 339 g/mol. The van der Waals surface area contributed by atoms with Crippen LogP contribution in [0.25, 0.3) is 0 Å². The number of piperidine rings is 1. The van der Waals surface area contributed by atoms with E-state index in [1.165, 1.54) is 5.56 Å². The maximum Gasteiger partial charge on any atom is 0.216 e. The molecular weight excluding hydrogens is 314 g/mol. The Bertz CT molecular complexity index is 624. The van der Waals surface area contributed by atoms with Crippen molar-refractivity contribution in [2.75, 3.05) is 27.3 Å². The standard InChI is InChI=1S/C17H25NO4S/c1-21-15-5-3-13(4-6-15)11-14-12-18(10-9-17(14)22-2)23(19,20)16-7-8-16/h3-6,14,16-17H,7-12H2,1-2H3/t14-,17+/m0/s1. The fourth-order valence-corrected chi connectivity index (χ4v) is 5.27. The zero-order valence-corrected chi connectivity index (χ0v) is 14.6. The molecule has 0 unspecified atom stereocenters. The van der Waals surface area contributed by atoms with Gasteiger partial charge >= 0.3 is 0 Å². The van der Waals surface area contributed by atoms with Crippen LogP contribution in [0.5, 0.6) is 5.75 Å². The third-order valence-electron chi connectivity index (χ3n) is 4.89. The van der Waals surface area contributed by atoms with E-state index in [-0.39, 0.29) is 17.3 Å². The summed E-state index contributed by atoms with van der Waals surface area (Å²) in [6.07, 6.45) is 3.33. The number of nitrogens with zero attached hydrogens (tertiary/aromatic N) is 1. The van der Waals surface area contributed by atoms with Crippen molar-refractivity contribution in [3.05, 3.63) is 29.8 Å². The van der Waals surface area contributed by atoms with E-state index in [0.29, 0.717) is 13.1 Å². The molecule has 1 saturated heterocycles. The Hall–Kier alpha value is -1.11. The van der Waals surface area contributed by atoms with Gasteiger partial charge in [0.1, 0.15) is 5.75 Å². The molecule has 2 atom stereocenters. The van der Waals surface area contributed by atoms with E-state index in [1.807, 2.05) is 24.3 Å². The first kappa shape index (κ1) is 16.7. The maximum absolute atomic E-state index is 12.5. The van der Waals surface area contributed by atoms with Crippen LogP contribution in [0.2, 0.25) is 0 Å². The number of ether oxygens (including phenoxy) is 2. The van der Waals surface area contributed by atoms with Gasteiger partial charge in [-0.25, -0.2) is 12.7 Å². The minimum Gasteiger partial charge on any atom is -0.497 e. The summed E-state index contributed by atoms with van der Waals surface area (Å²) in [5.74, 6) is 1.02. The molecule has 0 N–H and O–H groups in total. The van der Waals surface area contributed by atoms with Gasteiger partial charge in [-0.1, -0.05) is 12.1 Å². The first-order chi connectivity index (χ1) is 11.0. The van der Waals surface area contributed by atoms with Gasteiger partial charge in [0.15, 0.2) is 0 Å². The lowest BCUT2D eigenvalue weighted by atomic mass is 9.89. The number of rotatable bonds is 6.